The molecule has 1 amide bonds. The van der Waals surface area contributed by atoms with Gasteiger partial charge in [0.15, 0.2) is 11.3 Å². The molecule has 2 aromatic heterocycles. The molecule has 0 aliphatic carbocycles. The minimum atomic E-state index is -3.36. The minimum Gasteiger partial charge on any atom is -0.379 e. The van der Waals surface area contributed by atoms with Gasteiger partial charge in [-0.15, -0.1) is 0 Å². The highest BCUT2D eigenvalue weighted by Crippen LogP contribution is 2.18. The molecular weight excluding hydrogens is 334 g/mol. The van der Waals surface area contributed by atoms with Gasteiger partial charge in [0.1, 0.15) is 0 Å². The van der Waals surface area contributed by atoms with Gasteiger partial charge in [0, 0.05) is 38.5 Å². The molecule has 9 nitrogen and oxygen atoms in total. The zero-order valence-corrected chi connectivity index (χ0v) is 14.2. The first kappa shape index (κ1) is 16.8. The Morgan fingerprint density at radius 2 is 2.25 bits per heavy atom. The van der Waals surface area contributed by atoms with Crippen molar-refractivity contribution in [3.63, 3.8) is 0 Å². The number of carbonyl (C=O) groups is 1. The lowest BCUT2D eigenvalue weighted by Gasteiger charge is -2.20. The number of ether oxygens (including phenoxy) is 1. The van der Waals surface area contributed by atoms with Crippen LogP contribution in [0.15, 0.2) is 24.5 Å². The summed E-state index contributed by atoms with van der Waals surface area (Å²) in [6.45, 7) is 0.579. The summed E-state index contributed by atoms with van der Waals surface area (Å²) in [4.78, 5) is 16.5. The van der Waals surface area contributed by atoms with E-state index < -0.39 is 10.0 Å². The maximum atomic E-state index is 12.4. The molecule has 130 valence electrons. The number of rotatable bonds is 5. The van der Waals surface area contributed by atoms with Crippen LogP contribution in [0, 0.1) is 5.92 Å². The molecule has 1 aliphatic rings. The second-order valence-electron chi connectivity index (χ2n) is 5.89. The van der Waals surface area contributed by atoms with Crippen LogP contribution in [0.1, 0.15) is 10.5 Å². The molecule has 24 heavy (non-hydrogen) atoms. The van der Waals surface area contributed by atoms with Crippen molar-refractivity contribution in [2.75, 3.05) is 33.1 Å². The highest BCUT2D eigenvalue weighted by Gasteiger charge is 2.34. The van der Waals surface area contributed by atoms with E-state index in [9.17, 15) is 13.2 Å². The molecule has 3 heterocycles. The number of amides is 1. The van der Waals surface area contributed by atoms with Gasteiger partial charge in [0.2, 0.25) is 10.0 Å². The van der Waals surface area contributed by atoms with Crippen LogP contribution in [0.5, 0.6) is 0 Å². The number of nitrogens with one attached hydrogen (secondary N) is 1. The Balaban J connectivity index is 1.71. The Morgan fingerprint density at radius 1 is 1.46 bits per heavy atom. The average molecular weight is 353 g/mol. The monoisotopic (exact) mass is 353 g/mol. The predicted molar refractivity (Wildman–Crippen MR) is 86.0 cm³/mol. The van der Waals surface area contributed by atoms with Crippen molar-refractivity contribution in [3.8, 4) is 0 Å². The first-order chi connectivity index (χ1) is 11.4. The third-order valence-corrected chi connectivity index (χ3v) is 5.93. The van der Waals surface area contributed by atoms with E-state index in [1.165, 1.54) is 22.9 Å². The topological polar surface area (TPSA) is 106 Å². The number of nitrogens with zero attached hydrogens (tertiary/aromatic N) is 4. The Hall–Kier alpha value is -2.04. The van der Waals surface area contributed by atoms with Crippen molar-refractivity contribution >= 4 is 21.6 Å². The highest BCUT2D eigenvalue weighted by molar-refractivity contribution is 7.89. The summed E-state index contributed by atoms with van der Waals surface area (Å²) in [5.41, 5.74) is 0.798. The zero-order valence-electron chi connectivity index (χ0n) is 13.4. The van der Waals surface area contributed by atoms with E-state index in [0.717, 1.165) is 0 Å². The van der Waals surface area contributed by atoms with Crippen molar-refractivity contribution < 1.29 is 17.9 Å². The Kier molecular flexibility index (Phi) is 4.52. The van der Waals surface area contributed by atoms with Gasteiger partial charge in [0.25, 0.3) is 5.91 Å². The van der Waals surface area contributed by atoms with E-state index in [4.69, 9.17) is 4.74 Å². The van der Waals surface area contributed by atoms with Crippen LogP contribution in [0.2, 0.25) is 0 Å². The van der Waals surface area contributed by atoms with Gasteiger partial charge in [-0.05, 0) is 6.07 Å². The van der Waals surface area contributed by atoms with Gasteiger partial charge in [-0.2, -0.15) is 5.10 Å². The Bertz CT molecular complexity index is 815. The summed E-state index contributed by atoms with van der Waals surface area (Å²) in [7, 11) is -0.386. The summed E-state index contributed by atoms with van der Waals surface area (Å²) in [5.74, 6) is -0.739. The Morgan fingerprint density at radius 3 is 2.96 bits per heavy atom. The van der Waals surface area contributed by atoms with Crippen LogP contribution in [0.3, 0.4) is 0 Å². The largest absolute Gasteiger partial charge is 0.379 e. The number of carbonyl (C=O) groups excluding carboxylic acids is 1. The summed E-state index contributed by atoms with van der Waals surface area (Å²) >= 11 is 0. The molecule has 2 aromatic rings. The van der Waals surface area contributed by atoms with E-state index in [1.54, 1.807) is 24.5 Å². The normalized spacial score (nSPS) is 21.5. The number of aromatic nitrogens is 3. The van der Waals surface area contributed by atoms with Crippen molar-refractivity contribution in [1.29, 1.82) is 0 Å². The number of fused-ring (bicyclic) bond motifs is 1. The van der Waals surface area contributed by atoms with Crippen LogP contribution < -0.4 is 5.32 Å². The molecule has 0 bridgehead atoms. The molecule has 0 aromatic carbocycles. The number of hydrogen-bond donors (Lipinski definition) is 1. The molecule has 0 saturated carbocycles. The van der Waals surface area contributed by atoms with Gasteiger partial charge in [0.05, 0.1) is 25.0 Å². The van der Waals surface area contributed by atoms with Gasteiger partial charge < -0.3 is 10.1 Å². The fraction of sp³-hybridized carbons (Fsp3) is 0.500. The van der Waals surface area contributed by atoms with Crippen molar-refractivity contribution in [2.45, 2.75) is 6.04 Å². The van der Waals surface area contributed by atoms with Crippen molar-refractivity contribution in [1.82, 2.24) is 24.2 Å². The van der Waals surface area contributed by atoms with Crippen LogP contribution in [-0.4, -0.2) is 72.3 Å². The molecule has 1 fully saturated rings. The average Bonchev–Trinajstić information content (AvgIpc) is 3.13. The molecular formula is C14H19N5O4S. The van der Waals surface area contributed by atoms with Gasteiger partial charge >= 0.3 is 0 Å². The maximum absolute atomic E-state index is 12.4. The van der Waals surface area contributed by atoms with E-state index in [-0.39, 0.29) is 35.9 Å². The standard InChI is InChI=1S/C14H19N5O4S/c1-18(2)24(21,22)9-10-7-23-8-12(10)16-14(20)11-6-13-15-4-3-5-19(13)17-11/h3-6,10,12H,7-9H2,1-2H3,(H,16,20)/t10-,12-/m0/s1. The molecule has 0 spiro atoms. The number of sulfonamides is 1. The van der Waals surface area contributed by atoms with E-state index in [2.05, 4.69) is 15.4 Å². The fourth-order valence-electron chi connectivity index (χ4n) is 2.53. The van der Waals surface area contributed by atoms with Crippen LogP contribution in [0.25, 0.3) is 5.65 Å². The van der Waals surface area contributed by atoms with E-state index in [1.807, 2.05) is 0 Å². The molecule has 10 heteroatoms. The van der Waals surface area contributed by atoms with Gasteiger partial charge in [-0.3, -0.25) is 4.79 Å². The van der Waals surface area contributed by atoms with Crippen LogP contribution in [0.4, 0.5) is 0 Å². The van der Waals surface area contributed by atoms with Gasteiger partial charge in [-0.1, -0.05) is 0 Å². The van der Waals surface area contributed by atoms with Crippen LogP contribution in [-0.2, 0) is 14.8 Å². The first-order valence-corrected chi connectivity index (χ1v) is 9.07. The molecule has 0 unspecified atom stereocenters. The molecule has 3 rings (SSSR count). The summed E-state index contributed by atoms with van der Waals surface area (Å²) in [6, 6.07) is 2.93. The highest BCUT2D eigenvalue weighted by atomic mass is 32.2. The smallest absolute Gasteiger partial charge is 0.272 e. The maximum Gasteiger partial charge on any atom is 0.272 e. The summed E-state index contributed by atoms with van der Waals surface area (Å²) in [5, 5.41) is 6.97. The first-order valence-electron chi connectivity index (χ1n) is 7.46. The SMILES string of the molecule is CN(C)S(=O)(=O)C[C@@H]1COC[C@@H]1NC(=O)c1cc2ncccn2n1. The third kappa shape index (κ3) is 3.40. The fourth-order valence-corrected chi connectivity index (χ4v) is 3.69. The lowest BCUT2D eigenvalue weighted by molar-refractivity contribution is 0.0920. The van der Waals surface area contributed by atoms with Crippen LogP contribution >= 0.6 is 0 Å². The summed E-state index contributed by atoms with van der Waals surface area (Å²) in [6.07, 6.45) is 3.32. The molecule has 0 radical (unpaired) electrons. The zero-order chi connectivity index (χ0) is 17.3. The Labute approximate surface area is 139 Å². The lowest BCUT2D eigenvalue weighted by atomic mass is 10.1. The molecule has 1 aliphatic heterocycles. The second kappa shape index (κ2) is 6.46. The molecule has 1 N–H and O–H groups in total. The van der Waals surface area contributed by atoms with E-state index >= 15 is 0 Å². The quantitative estimate of drug-likeness (QED) is 0.767. The number of hydrogen-bond acceptors (Lipinski definition) is 6. The van der Waals surface area contributed by atoms with Crippen molar-refractivity contribution in [3.05, 3.63) is 30.2 Å². The lowest BCUT2D eigenvalue weighted by Crippen LogP contribution is -2.43. The summed E-state index contributed by atoms with van der Waals surface area (Å²) < 4.78 is 32.1. The van der Waals surface area contributed by atoms with Crippen molar-refractivity contribution in [2.24, 2.45) is 5.92 Å². The van der Waals surface area contributed by atoms with Gasteiger partial charge in [-0.25, -0.2) is 22.2 Å². The minimum absolute atomic E-state index is 0.0718. The third-order valence-electron chi connectivity index (χ3n) is 3.96. The van der Waals surface area contributed by atoms with E-state index in [0.29, 0.717) is 12.3 Å². The predicted octanol–water partition coefficient (Wildman–Crippen LogP) is -0.634. The second-order valence-corrected chi connectivity index (χ2v) is 8.12. The molecule has 2 atom stereocenters. The molecule has 1 saturated heterocycles.